The zero-order valence-corrected chi connectivity index (χ0v) is 41.8. The average molecular weight is 992 g/mol. The van der Waals surface area contributed by atoms with Gasteiger partial charge in [0.15, 0.2) is 17.5 Å². The summed E-state index contributed by atoms with van der Waals surface area (Å²) in [5.74, 6) is 1.82. The minimum atomic E-state index is 0.584. The van der Waals surface area contributed by atoms with Gasteiger partial charge in [-0.25, -0.2) is 15.0 Å². The third-order valence-corrected chi connectivity index (χ3v) is 18.6. The predicted molar refractivity (Wildman–Crippen MR) is 311 cm³/mol. The van der Waals surface area contributed by atoms with Crippen molar-refractivity contribution in [2.24, 2.45) is 0 Å². The number of allylic oxidation sites excluding steroid dienone is 2. The van der Waals surface area contributed by atoms with E-state index in [0.717, 1.165) is 60.9 Å². The van der Waals surface area contributed by atoms with Crippen LogP contribution in [0.4, 0.5) is 0 Å². The van der Waals surface area contributed by atoms with Crippen molar-refractivity contribution in [3.8, 4) is 34.2 Å². The van der Waals surface area contributed by atoms with Crippen LogP contribution < -0.4 is 0 Å². The molecule has 0 atom stereocenters. The lowest BCUT2D eigenvalue weighted by molar-refractivity contribution is 0.669. The Bertz CT molecular complexity index is 4680. The molecule has 6 heterocycles. The van der Waals surface area contributed by atoms with E-state index in [9.17, 15) is 0 Å². The molecular weight excluding hydrogens is 955 g/mol. The predicted octanol–water partition coefficient (Wildman–Crippen LogP) is 19.5. The van der Waals surface area contributed by atoms with Gasteiger partial charge in [0.1, 0.15) is 11.2 Å². The van der Waals surface area contributed by atoms with Crippen LogP contribution in [-0.2, 0) is 0 Å². The molecule has 0 N–H and O–H groups in total. The van der Waals surface area contributed by atoms with Gasteiger partial charge in [0.25, 0.3) is 0 Å². The molecule has 0 saturated heterocycles. The zero-order valence-electron chi connectivity index (χ0n) is 38.6. The van der Waals surface area contributed by atoms with Gasteiger partial charge in [-0.2, -0.15) is 0 Å². The molecule has 72 heavy (non-hydrogen) atoms. The van der Waals surface area contributed by atoms with E-state index in [1.165, 1.54) is 81.0 Å². The van der Waals surface area contributed by atoms with Crippen LogP contribution in [0.15, 0.2) is 205 Å². The molecular formula is C64H37N3OS4. The molecule has 4 nitrogen and oxygen atoms in total. The second-order valence-electron chi connectivity index (χ2n) is 18.2. The highest BCUT2D eigenvalue weighted by molar-refractivity contribution is 7.26. The Morgan fingerprint density at radius 2 is 0.917 bits per heavy atom. The lowest BCUT2D eigenvalue weighted by Gasteiger charge is -2.16. The van der Waals surface area contributed by atoms with Crippen molar-refractivity contribution in [3.05, 3.63) is 222 Å². The van der Waals surface area contributed by atoms with E-state index in [-0.39, 0.29) is 0 Å². The van der Waals surface area contributed by atoms with Crippen molar-refractivity contribution in [2.75, 3.05) is 0 Å². The summed E-state index contributed by atoms with van der Waals surface area (Å²) in [5.41, 5.74) is 9.93. The maximum Gasteiger partial charge on any atom is 0.164 e. The Kier molecular flexibility index (Phi) is 9.38. The molecule has 9 aromatic carbocycles. The van der Waals surface area contributed by atoms with Gasteiger partial charge in [-0.3, -0.25) is 0 Å². The first-order chi connectivity index (χ1) is 35.5. The highest BCUT2D eigenvalue weighted by atomic mass is 32.1. The van der Waals surface area contributed by atoms with E-state index < -0.39 is 0 Å². The van der Waals surface area contributed by atoms with Crippen molar-refractivity contribution in [1.29, 1.82) is 0 Å². The highest BCUT2D eigenvalue weighted by Crippen LogP contribution is 2.46. The number of aromatic nitrogens is 3. The Balaban J connectivity index is 0.958. The average Bonchev–Trinajstić information content (AvgIpc) is 4.25. The van der Waals surface area contributed by atoms with Gasteiger partial charge >= 0.3 is 0 Å². The van der Waals surface area contributed by atoms with Crippen molar-refractivity contribution < 1.29 is 4.42 Å². The van der Waals surface area contributed by atoms with Gasteiger partial charge in [-0.15, -0.1) is 45.3 Å². The summed E-state index contributed by atoms with van der Waals surface area (Å²) < 4.78 is 15.5. The summed E-state index contributed by atoms with van der Waals surface area (Å²) in [5, 5.41) is 10.7. The van der Waals surface area contributed by atoms with E-state index >= 15 is 0 Å². The summed E-state index contributed by atoms with van der Waals surface area (Å²) >= 11 is 7.26. The van der Waals surface area contributed by atoms with Gasteiger partial charge in [0, 0.05) is 109 Å². The molecule has 8 heteroatoms. The lowest BCUT2D eigenvalue weighted by Crippen LogP contribution is -2.00. The molecule has 0 radical (unpaired) electrons. The minimum absolute atomic E-state index is 0.584. The smallest absolute Gasteiger partial charge is 0.164 e. The molecule has 0 unspecified atom stereocenters. The van der Waals surface area contributed by atoms with Gasteiger partial charge in [0.05, 0.1) is 0 Å². The largest absolute Gasteiger partial charge is 0.456 e. The van der Waals surface area contributed by atoms with Gasteiger partial charge in [0.2, 0.25) is 0 Å². The normalized spacial score (nSPS) is 12.5. The highest BCUT2D eigenvalue weighted by Gasteiger charge is 2.24. The number of fused-ring (bicyclic) bond motifs is 13. The molecule has 15 aromatic rings. The molecule has 0 aliphatic carbocycles. The maximum absolute atomic E-state index is 6.77. The summed E-state index contributed by atoms with van der Waals surface area (Å²) in [4.78, 5) is 17.3. The molecule has 0 amide bonds. The van der Waals surface area contributed by atoms with Crippen LogP contribution >= 0.6 is 45.3 Å². The Morgan fingerprint density at radius 3 is 1.51 bits per heavy atom. The first-order valence-corrected chi connectivity index (χ1v) is 27.1. The van der Waals surface area contributed by atoms with Gasteiger partial charge < -0.3 is 4.42 Å². The number of aryl methyl sites for hydroxylation is 1. The van der Waals surface area contributed by atoms with Crippen LogP contribution in [0.1, 0.15) is 21.6 Å². The second-order valence-corrected chi connectivity index (χ2v) is 22.8. The third kappa shape index (κ3) is 6.50. The number of nitrogens with zero attached hydrogens (tertiary/aromatic N) is 3. The molecule has 0 aliphatic rings. The molecule has 15 rings (SSSR count). The molecule has 0 aliphatic heterocycles. The van der Waals surface area contributed by atoms with Crippen LogP contribution in [0.5, 0.6) is 0 Å². The first kappa shape index (κ1) is 41.7. The van der Waals surface area contributed by atoms with Crippen LogP contribution in [-0.4, -0.2) is 15.0 Å². The Labute approximate surface area is 428 Å². The summed E-state index contributed by atoms with van der Waals surface area (Å²) in [7, 11) is 0. The van der Waals surface area contributed by atoms with Gasteiger partial charge in [-0.1, -0.05) is 140 Å². The molecule has 0 bridgehead atoms. The fraction of sp³-hybridized carbons (Fsp3) is 0.0156. The van der Waals surface area contributed by atoms with Crippen LogP contribution in [0, 0.1) is 6.92 Å². The number of thiophene rings is 4. The van der Waals surface area contributed by atoms with E-state index in [2.05, 4.69) is 195 Å². The third-order valence-electron chi connectivity index (χ3n) is 14.1. The number of benzene rings is 9. The fourth-order valence-corrected chi connectivity index (χ4v) is 15.3. The van der Waals surface area contributed by atoms with Crippen molar-refractivity contribution in [1.82, 2.24) is 15.0 Å². The van der Waals surface area contributed by atoms with Crippen molar-refractivity contribution in [3.63, 3.8) is 0 Å². The van der Waals surface area contributed by atoms with Gasteiger partial charge in [-0.05, 0) is 89.9 Å². The quantitative estimate of drug-likeness (QED) is 0.118. The van der Waals surface area contributed by atoms with Crippen LogP contribution in [0.2, 0.25) is 0 Å². The maximum atomic E-state index is 6.77. The summed E-state index contributed by atoms with van der Waals surface area (Å²) in [6, 6.07) is 67.6. The van der Waals surface area contributed by atoms with E-state index in [1.54, 1.807) is 22.7 Å². The topological polar surface area (TPSA) is 51.8 Å². The standard InChI is InChI=1S/C64H37N3OS4/c1-3-40(36-23-27-44-41-13-4-8-19-52(41)70-56(44)32-36)60(59-35(2)69-55-22-11-7-16-47(55)59)37-26-30-50-49(31-37)61-48(17-12-18-51(61)68-50)64-66-62(38-24-28-45-42-14-5-9-20-53(42)71-57(45)33-38)65-63(67-64)39-25-29-46-43-15-6-10-21-54(43)72-58(46)34-39/h3-34H,1H2,2H3/b60-40+. The van der Waals surface area contributed by atoms with E-state index in [4.69, 9.17) is 19.4 Å². The Hall–Kier alpha value is -8.11. The summed E-state index contributed by atoms with van der Waals surface area (Å²) in [6.45, 7) is 6.76. The number of furan rings is 1. The molecule has 0 saturated carbocycles. The minimum Gasteiger partial charge on any atom is -0.456 e. The number of rotatable bonds is 7. The van der Waals surface area contributed by atoms with E-state index in [0.29, 0.717) is 17.5 Å². The molecule has 6 aromatic heterocycles. The summed E-state index contributed by atoms with van der Waals surface area (Å²) in [6.07, 6.45) is 2.04. The first-order valence-electron chi connectivity index (χ1n) is 23.8. The van der Waals surface area contributed by atoms with Crippen LogP contribution in [0.25, 0.3) is 138 Å². The monoisotopic (exact) mass is 991 g/mol. The lowest BCUT2D eigenvalue weighted by atomic mass is 9.87. The zero-order chi connectivity index (χ0) is 47.6. The second kappa shape index (κ2) is 16.2. The van der Waals surface area contributed by atoms with Crippen molar-refractivity contribution >= 4 is 149 Å². The SMILES string of the molecule is C=C/C(=C(/c1ccc2oc3cccc(-c4nc(-c5ccc6c(c5)sc5ccccc56)nc(-c5ccc6c(c5)sc5ccccc56)n4)c3c2c1)c1c(C)sc2ccccc12)c1ccc2c(c1)sc1ccccc12. The van der Waals surface area contributed by atoms with Crippen molar-refractivity contribution in [2.45, 2.75) is 6.92 Å². The number of hydrogen-bond donors (Lipinski definition) is 0. The van der Waals surface area contributed by atoms with E-state index in [1.807, 2.05) is 34.8 Å². The molecule has 338 valence electrons. The number of hydrogen-bond acceptors (Lipinski definition) is 8. The Morgan fingerprint density at radius 1 is 0.417 bits per heavy atom. The molecule has 0 fully saturated rings. The molecule has 0 spiro atoms. The van der Waals surface area contributed by atoms with Crippen LogP contribution in [0.3, 0.4) is 0 Å². The fourth-order valence-electron chi connectivity index (χ4n) is 10.8.